The van der Waals surface area contributed by atoms with E-state index in [0.29, 0.717) is 5.56 Å². The first kappa shape index (κ1) is 36.7. The Balaban J connectivity index is 1.74. The topological polar surface area (TPSA) is 153 Å². The van der Waals surface area contributed by atoms with Gasteiger partial charge in [-0.3, -0.25) is 19.1 Å². The van der Waals surface area contributed by atoms with Crippen molar-refractivity contribution in [1.29, 1.82) is 0 Å². The number of ether oxygens (including phenoxy) is 5. The molecule has 0 unspecified atom stereocenters. The predicted octanol–water partition coefficient (Wildman–Crippen LogP) is 3.58. The van der Waals surface area contributed by atoms with Crippen LogP contribution >= 0.6 is 0 Å². The van der Waals surface area contributed by atoms with Crippen molar-refractivity contribution < 1.29 is 50.7 Å². The number of hydrogen-bond acceptors (Lipinski definition) is 12. The second-order valence-corrected chi connectivity index (χ2v) is 13.0. The van der Waals surface area contributed by atoms with Crippen molar-refractivity contribution in [3.05, 3.63) is 108 Å². The van der Waals surface area contributed by atoms with Gasteiger partial charge in [0.2, 0.25) is 0 Å². The quantitative estimate of drug-likeness (QED) is 0.133. The number of rotatable bonds is 16. The molecule has 0 spiro atoms. The molecule has 0 bridgehead atoms. The standard InChI is InChI=1S/C35H41NO11S/c1-23(47-48(4,40)41)31(45-24(2)37)34(46-25(3)38)30-33(43-21-27-16-10-6-11-17-27)32(42-20-26-14-8-5-9-15-26)29(36-30)22-44-35(39)28-18-12-7-13-19-28/h5-19,23,29-34,36H,20-22H2,1-4H3/t23-,29-,30-,31-,32-,33+,34-/m1/s1. The minimum Gasteiger partial charge on any atom is -0.460 e. The normalized spacial score (nSPS) is 21.1. The molecule has 258 valence electrons. The minimum absolute atomic E-state index is 0.117. The highest BCUT2D eigenvalue weighted by Crippen LogP contribution is 2.31. The second kappa shape index (κ2) is 17.3. The Kier molecular flexibility index (Phi) is 13.2. The van der Waals surface area contributed by atoms with Crippen LogP contribution in [0, 0.1) is 0 Å². The van der Waals surface area contributed by atoms with Gasteiger partial charge in [0.15, 0.2) is 12.2 Å². The van der Waals surface area contributed by atoms with Crippen LogP contribution in [-0.4, -0.2) is 81.8 Å². The first-order valence-electron chi connectivity index (χ1n) is 15.4. The van der Waals surface area contributed by atoms with Gasteiger partial charge in [-0.15, -0.1) is 0 Å². The fourth-order valence-corrected chi connectivity index (χ4v) is 6.21. The van der Waals surface area contributed by atoms with E-state index in [9.17, 15) is 22.8 Å². The zero-order valence-electron chi connectivity index (χ0n) is 27.2. The van der Waals surface area contributed by atoms with Crippen LogP contribution in [0.1, 0.15) is 42.3 Å². The highest BCUT2D eigenvalue weighted by molar-refractivity contribution is 7.86. The molecule has 1 saturated heterocycles. The smallest absolute Gasteiger partial charge is 0.338 e. The van der Waals surface area contributed by atoms with Crippen LogP contribution in [0.2, 0.25) is 0 Å². The summed E-state index contributed by atoms with van der Waals surface area (Å²) in [5.41, 5.74) is 2.06. The summed E-state index contributed by atoms with van der Waals surface area (Å²) in [4.78, 5) is 37.8. The van der Waals surface area contributed by atoms with Crippen molar-refractivity contribution in [3.8, 4) is 0 Å². The van der Waals surface area contributed by atoms with Gasteiger partial charge in [-0.05, 0) is 30.2 Å². The number of hydrogen-bond donors (Lipinski definition) is 1. The summed E-state index contributed by atoms with van der Waals surface area (Å²) in [7, 11) is -4.02. The Morgan fingerprint density at radius 3 is 1.75 bits per heavy atom. The lowest BCUT2D eigenvalue weighted by molar-refractivity contribution is -0.180. The molecule has 3 aromatic carbocycles. The molecule has 0 radical (unpaired) electrons. The van der Waals surface area contributed by atoms with Crippen LogP contribution < -0.4 is 5.32 Å². The molecule has 0 saturated carbocycles. The maximum Gasteiger partial charge on any atom is 0.338 e. The van der Waals surface area contributed by atoms with Crippen LogP contribution in [0.3, 0.4) is 0 Å². The number of esters is 3. The van der Waals surface area contributed by atoms with Gasteiger partial charge in [-0.25, -0.2) is 4.79 Å². The Hall–Kier alpha value is -4.14. The molecule has 1 aliphatic rings. The van der Waals surface area contributed by atoms with Crippen LogP contribution in [0.4, 0.5) is 0 Å². The van der Waals surface area contributed by atoms with E-state index in [1.807, 2.05) is 60.7 Å². The first-order chi connectivity index (χ1) is 22.9. The van der Waals surface area contributed by atoms with Crippen molar-refractivity contribution in [2.75, 3.05) is 12.9 Å². The van der Waals surface area contributed by atoms with Crippen molar-refractivity contribution in [2.24, 2.45) is 0 Å². The molecule has 1 aliphatic heterocycles. The van der Waals surface area contributed by atoms with Gasteiger partial charge in [0.1, 0.15) is 24.9 Å². The summed E-state index contributed by atoms with van der Waals surface area (Å²) in [6.45, 7) is 3.82. The monoisotopic (exact) mass is 683 g/mol. The van der Waals surface area contributed by atoms with Crippen LogP contribution in [0.5, 0.6) is 0 Å². The molecule has 0 aromatic heterocycles. The summed E-state index contributed by atoms with van der Waals surface area (Å²) in [6.07, 6.45) is -4.85. The molecule has 7 atom stereocenters. The Morgan fingerprint density at radius 1 is 0.750 bits per heavy atom. The molecular formula is C35H41NO11S. The zero-order chi connectivity index (χ0) is 34.7. The van der Waals surface area contributed by atoms with Crippen molar-refractivity contribution in [1.82, 2.24) is 5.32 Å². The van der Waals surface area contributed by atoms with E-state index in [2.05, 4.69) is 5.32 Å². The van der Waals surface area contributed by atoms with Gasteiger partial charge in [-0.2, -0.15) is 8.42 Å². The largest absolute Gasteiger partial charge is 0.460 e. The van der Waals surface area contributed by atoms with E-state index in [1.165, 1.54) is 13.8 Å². The SMILES string of the molecule is CC(=O)O[C@H]([C@@H]1N[C@H](COC(=O)c2ccccc2)[C@@H](OCc2ccccc2)[C@H]1OCc1ccccc1)[C@H](OC(C)=O)[C@@H](C)OS(C)(=O)=O. The summed E-state index contributed by atoms with van der Waals surface area (Å²) < 4.78 is 59.5. The lowest BCUT2D eigenvalue weighted by Crippen LogP contribution is -2.56. The number of benzene rings is 3. The van der Waals surface area contributed by atoms with E-state index in [1.54, 1.807) is 30.3 Å². The van der Waals surface area contributed by atoms with Gasteiger partial charge < -0.3 is 23.7 Å². The van der Waals surface area contributed by atoms with Gasteiger partial charge >= 0.3 is 17.9 Å². The summed E-state index contributed by atoms with van der Waals surface area (Å²) >= 11 is 0. The third-order valence-corrected chi connectivity index (χ3v) is 8.18. The van der Waals surface area contributed by atoms with Gasteiger partial charge in [0.25, 0.3) is 10.1 Å². The van der Waals surface area contributed by atoms with E-state index in [0.717, 1.165) is 24.3 Å². The van der Waals surface area contributed by atoms with Gasteiger partial charge in [-0.1, -0.05) is 78.9 Å². The third-order valence-electron chi connectivity index (χ3n) is 7.53. The molecule has 4 rings (SSSR count). The molecular weight excluding hydrogens is 642 g/mol. The Morgan fingerprint density at radius 2 is 1.25 bits per heavy atom. The maximum absolute atomic E-state index is 13.0. The number of carbonyl (C=O) groups is 3. The summed E-state index contributed by atoms with van der Waals surface area (Å²) in [5, 5.41) is 3.35. The van der Waals surface area contributed by atoms with E-state index in [-0.39, 0.29) is 19.8 Å². The predicted molar refractivity (Wildman–Crippen MR) is 174 cm³/mol. The maximum atomic E-state index is 13.0. The van der Waals surface area contributed by atoms with Crippen molar-refractivity contribution in [3.63, 3.8) is 0 Å². The average Bonchev–Trinajstić information content (AvgIpc) is 3.40. The van der Waals surface area contributed by atoms with E-state index < -0.39 is 70.6 Å². The van der Waals surface area contributed by atoms with E-state index in [4.69, 9.17) is 27.9 Å². The van der Waals surface area contributed by atoms with Crippen LogP contribution in [0.25, 0.3) is 0 Å². The molecule has 3 aromatic rings. The second-order valence-electron chi connectivity index (χ2n) is 11.4. The Bertz CT molecular complexity index is 1590. The summed E-state index contributed by atoms with van der Waals surface area (Å²) in [6, 6.07) is 25.6. The lowest BCUT2D eigenvalue weighted by Gasteiger charge is -2.36. The molecule has 12 nitrogen and oxygen atoms in total. The number of nitrogens with one attached hydrogen (secondary N) is 1. The zero-order valence-corrected chi connectivity index (χ0v) is 28.0. The average molecular weight is 684 g/mol. The fourth-order valence-electron chi connectivity index (χ4n) is 5.55. The van der Waals surface area contributed by atoms with E-state index >= 15 is 0 Å². The van der Waals surface area contributed by atoms with Gasteiger partial charge in [0, 0.05) is 13.8 Å². The van der Waals surface area contributed by atoms with Gasteiger partial charge in [0.05, 0.1) is 37.1 Å². The molecule has 13 heteroatoms. The lowest BCUT2D eigenvalue weighted by atomic mass is 9.96. The van der Waals surface area contributed by atoms with Crippen molar-refractivity contribution in [2.45, 2.75) is 76.6 Å². The number of carbonyl (C=O) groups excluding carboxylic acids is 3. The summed E-state index contributed by atoms with van der Waals surface area (Å²) in [5.74, 6) is -2.05. The fraction of sp³-hybridized carbons (Fsp3) is 0.400. The molecule has 0 aliphatic carbocycles. The molecule has 1 N–H and O–H groups in total. The first-order valence-corrected chi connectivity index (χ1v) is 17.2. The van der Waals surface area contributed by atoms with Crippen LogP contribution in [-0.2, 0) is 60.8 Å². The van der Waals surface area contributed by atoms with Crippen LogP contribution in [0.15, 0.2) is 91.0 Å². The molecule has 48 heavy (non-hydrogen) atoms. The molecule has 1 fully saturated rings. The molecule has 1 heterocycles. The third kappa shape index (κ3) is 11.0. The highest BCUT2D eigenvalue weighted by atomic mass is 32.2. The van der Waals surface area contributed by atoms with Crippen molar-refractivity contribution >= 4 is 28.0 Å². The molecule has 0 amide bonds. The minimum atomic E-state index is -4.02. The Labute approximate surface area is 280 Å². The highest BCUT2D eigenvalue weighted by Gasteiger charge is 2.53.